The lowest BCUT2D eigenvalue weighted by molar-refractivity contribution is -0.136. The van der Waals surface area contributed by atoms with Gasteiger partial charge in [0.2, 0.25) is 5.91 Å². The molecule has 0 radical (unpaired) electrons. The normalized spacial score (nSPS) is 25.2. The van der Waals surface area contributed by atoms with Crippen molar-refractivity contribution in [3.63, 3.8) is 0 Å². The van der Waals surface area contributed by atoms with Gasteiger partial charge in [-0.05, 0) is 17.7 Å². The molecule has 2 aliphatic heterocycles. The summed E-state index contributed by atoms with van der Waals surface area (Å²) in [6, 6.07) is 7.26. The number of carbonyl (C=O) groups excluding carboxylic acids is 2. The molecule has 2 heterocycles. The zero-order valence-electron chi connectivity index (χ0n) is 12.0. The quantitative estimate of drug-likeness (QED) is 0.828. The minimum absolute atomic E-state index is 0.145. The number of amides is 3. The van der Waals surface area contributed by atoms with Gasteiger partial charge in [-0.1, -0.05) is 12.1 Å². The predicted octanol–water partition coefficient (Wildman–Crippen LogP) is 0.139. The highest BCUT2D eigenvalue weighted by Gasteiger charge is 2.47. The van der Waals surface area contributed by atoms with Crippen LogP contribution in [0, 0.1) is 5.92 Å². The second-order valence-corrected chi connectivity index (χ2v) is 5.23. The molecule has 2 saturated heterocycles. The molecule has 21 heavy (non-hydrogen) atoms. The highest BCUT2D eigenvalue weighted by Crippen LogP contribution is 2.25. The number of urea groups is 1. The van der Waals surface area contributed by atoms with E-state index in [1.54, 1.807) is 12.0 Å². The lowest BCUT2D eigenvalue weighted by Crippen LogP contribution is -2.62. The third-order valence-electron chi connectivity index (χ3n) is 3.98. The number of nitrogens with one attached hydrogen (secondary N) is 2. The maximum atomic E-state index is 12.3. The van der Waals surface area contributed by atoms with Gasteiger partial charge in [0.25, 0.3) is 0 Å². The maximum Gasteiger partial charge on any atom is 0.328 e. The molecule has 112 valence electrons. The van der Waals surface area contributed by atoms with E-state index in [-0.39, 0.29) is 24.0 Å². The van der Waals surface area contributed by atoms with Crippen molar-refractivity contribution in [2.24, 2.45) is 5.92 Å². The van der Waals surface area contributed by atoms with Crippen LogP contribution in [-0.4, -0.2) is 48.6 Å². The summed E-state index contributed by atoms with van der Waals surface area (Å²) in [6.07, 6.45) is -0.302. The predicted molar refractivity (Wildman–Crippen MR) is 75.1 cm³/mol. The molecule has 2 N–H and O–H groups in total. The molecule has 2 atom stereocenters. The number of methoxy groups -OCH3 is 1. The molecule has 3 amide bonds. The number of hydrazine groups is 1. The monoisotopic (exact) mass is 290 g/mol. The van der Waals surface area contributed by atoms with E-state index in [9.17, 15) is 9.59 Å². The molecule has 0 aromatic heterocycles. The van der Waals surface area contributed by atoms with Crippen molar-refractivity contribution < 1.29 is 14.3 Å². The molecular weight excluding hydrogens is 272 g/mol. The van der Waals surface area contributed by atoms with Crippen LogP contribution in [-0.2, 0) is 11.3 Å². The molecule has 0 aliphatic carbocycles. The summed E-state index contributed by atoms with van der Waals surface area (Å²) in [4.78, 5) is 27.3. The van der Waals surface area contributed by atoms with Crippen LogP contribution < -0.4 is 15.6 Å². The Labute approximate surface area is 122 Å². The minimum Gasteiger partial charge on any atom is -0.497 e. The molecule has 2 aliphatic rings. The summed E-state index contributed by atoms with van der Waals surface area (Å²) in [5.74, 6) is 0.383. The molecule has 3 rings (SSSR count). The smallest absolute Gasteiger partial charge is 0.328 e. The van der Waals surface area contributed by atoms with Crippen molar-refractivity contribution in [3.8, 4) is 5.75 Å². The van der Waals surface area contributed by atoms with Crippen LogP contribution in [0.2, 0.25) is 0 Å². The Morgan fingerprint density at radius 1 is 1.29 bits per heavy atom. The Hall–Kier alpha value is -2.12. The lowest BCUT2D eigenvalue weighted by atomic mass is 10.0. The van der Waals surface area contributed by atoms with Gasteiger partial charge < -0.3 is 9.64 Å². The molecule has 1 aromatic carbocycles. The fourth-order valence-electron chi connectivity index (χ4n) is 2.75. The van der Waals surface area contributed by atoms with Crippen LogP contribution in [0.1, 0.15) is 5.56 Å². The van der Waals surface area contributed by atoms with Gasteiger partial charge in [0, 0.05) is 20.1 Å². The summed E-state index contributed by atoms with van der Waals surface area (Å²) >= 11 is 0. The standard InChI is InChI=1S/C14H18N4O3/c1-17-13(19)11-7-15-16-12(11)18(14(17)20)8-9-3-5-10(21-2)6-4-9/h3-6,11-12,15-16H,7-8H2,1-2H3. The first-order valence-electron chi connectivity index (χ1n) is 6.81. The third kappa shape index (κ3) is 2.34. The van der Waals surface area contributed by atoms with Crippen molar-refractivity contribution in [3.05, 3.63) is 29.8 Å². The molecule has 0 saturated carbocycles. The van der Waals surface area contributed by atoms with E-state index in [1.807, 2.05) is 24.3 Å². The van der Waals surface area contributed by atoms with Gasteiger partial charge in [-0.25, -0.2) is 10.2 Å². The van der Waals surface area contributed by atoms with Crippen LogP contribution in [0.15, 0.2) is 24.3 Å². The van der Waals surface area contributed by atoms with Crippen molar-refractivity contribution in [1.82, 2.24) is 20.7 Å². The fraction of sp³-hybridized carbons (Fsp3) is 0.429. The van der Waals surface area contributed by atoms with Gasteiger partial charge in [0.05, 0.1) is 13.0 Å². The lowest BCUT2D eigenvalue weighted by Gasteiger charge is -2.39. The summed E-state index contributed by atoms with van der Waals surface area (Å²) in [5.41, 5.74) is 6.96. The largest absolute Gasteiger partial charge is 0.497 e. The van der Waals surface area contributed by atoms with E-state index in [4.69, 9.17) is 4.74 Å². The number of hydrogen-bond donors (Lipinski definition) is 2. The van der Waals surface area contributed by atoms with E-state index < -0.39 is 0 Å². The van der Waals surface area contributed by atoms with Crippen LogP contribution in [0.25, 0.3) is 0 Å². The van der Waals surface area contributed by atoms with Crippen LogP contribution in [0.4, 0.5) is 4.79 Å². The number of rotatable bonds is 3. The highest BCUT2D eigenvalue weighted by atomic mass is 16.5. The third-order valence-corrected chi connectivity index (χ3v) is 3.98. The zero-order valence-corrected chi connectivity index (χ0v) is 12.0. The van der Waals surface area contributed by atoms with E-state index in [0.717, 1.165) is 11.3 Å². The molecule has 0 bridgehead atoms. The number of nitrogens with zero attached hydrogens (tertiary/aromatic N) is 2. The summed E-state index contributed by atoms with van der Waals surface area (Å²) in [6.45, 7) is 0.969. The average molecular weight is 290 g/mol. The van der Waals surface area contributed by atoms with Crippen molar-refractivity contribution in [2.45, 2.75) is 12.7 Å². The second kappa shape index (κ2) is 5.34. The zero-order chi connectivity index (χ0) is 15.0. The number of benzene rings is 1. The maximum absolute atomic E-state index is 12.3. The number of hydrogen-bond acceptors (Lipinski definition) is 5. The number of carbonyl (C=O) groups is 2. The Bertz CT molecular complexity index is 560. The Morgan fingerprint density at radius 2 is 2.00 bits per heavy atom. The number of ether oxygens (including phenoxy) is 1. The first-order chi connectivity index (χ1) is 10.1. The first kappa shape index (κ1) is 13.8. The van der Waals surface area contributed by atoms with Gasteiger partial charge in [0.1, 0.15) is 11.9 Å². The van der Waals surface area contributed by atoms with Gasteiger partial charge in [-0.3, -0.25) is 15.1 Å². The molecule has 2 fully saturated rings. The van der Waals surface area contributed by atoms with Crippen LogP contribution >= 0.6 is 0 Å². The molecule has 1 aromatic rings. The number of imide groups is 1. The van der Waals surface area contributed by atoms with Gasteiger partial charge in [0.15, 0.2) is 0 Å². The second-order valence-electron chi connectivity index (χ2n) is 5.23. The molecule has 2 unspecified atom stereocenters. The van der Waals surface area contributed by atoms with Crippen molar-refractivity contribution in [2.75, 3.05) is 20.7 Å². The Kier molecular flexibility index (Phi) is 3.52. The molecule has 7 nitrogen and oxygen atoms in total. The summed E-state index contributed by atoms with van der Waals surface area (Å²) in [5, 5.41) is 0. The van der Waals surface area contributed by atoms with E-state index in [0.29, 0.717) is 13.1 Å². The van der Waals surface area contributed by atoms with E-state index >= 15 is 0 Å². The van der Waals surface area contributed by atoms with E-state index in [2.05, 4.69) is 10.9 Å². The first-order valence-corrected chi connectivity index (χ1v) is 6.81. The minimum atomic E-state index is -0.302. The Balaban J connectivity index is 1.82. The van der Waals surface area contributed by atoms with Gasteiger partial charge in [-0.2, -0.15) is 0 Å². The fourth-order valence-corrected chi connectivity index (χ4v) is 2.75. The topological polar surface area (TPSA) is 73.9 Å². The van der Waals surface area contributed by atoms with Crippen molar-refractivity contribution >= 4 is 11.9 Å². The Morgan fingerprint density at radius 3 is 2.67 bits per heavy atom. The number of fused-ring (bicyclic) bond motifs is 1. The van der Waals surface area contributed by atoms with Crippen LogP contribution in [0.5, 0.6) is 5.75 Å². The molecular formula is C14H18N4O3. The van der Waals surface area contributed by atoms with E-state index in [1.165, 1.54) is 11.9 Å². The van der Waals surface area contributed by atoms with Gasteiger partial charge in [-0.15, -0.1) is 0 Å². The van der Waals surface area contributed by atoms with Crippen LogP contribution in [0.3, 0.4) is 0 Å². The average Bonchev–Trinajstić information content (AvgIpc) is 2.99. The summed E-state index contributed by atoms with van der Waals surface area (Å²) in [7, 11) is 3.14. The van der Waals surface area contributed by atoms with Gasteiger partial charge >= 0.3 is 6.03 Å². The molecule has 7 heteroatoms. The highest BCUT2D eigenvalue weighted by molar-refractivity contribution is 5.98. The molecule has 0 spiro atoms. The summed E-state index contributed by atoms with van der Waals surface area (Å²) < 4.78 is 5.12. The SMILES string of the molecule is COc1ccc(CN2C(=O)N(C)C(=O)C3CNNC32)cc1. The van der Waals surface area contributed by atoms with Crippen molar-refractivity contribution in [1.29, 1.82) is 0 Å².